The number of carbonyl (C=O) groups excluding carboxylic acids is 2. The van der Waals surface area contributed by atoms with Gasteiger partial charge in [-0.3, -0.25) is 4.79 Å². The molecule has 0 aliphatic carbocycles. The highest BCUT2D eigenvalue weighted by atomic mass is 16.6. The second-order valence-corrected chi connectivity index (χ2v) is 9.34. The van der Waals surface area contributed by atoms with Gasteiger partial charge in [0.1, 0.15) is 11.4 Å². The number of pyridine rings is 1. The Labute approximate surface area is 177 Å². The molecule has 0 spiro atoms. The van der Waals surface area contributed by atoms with Gasteiger partial charge in [0.15, 0.2) is 0 Å². The second kappa shape index (κ2) is 8.26. The lowest BCUT2D eigenvalue weighted by Crippen LogP contribution is -2.49. The van der Waals surface area contributed by atoms with Gasteiger partial charge in [-0.15, -0.1) is 0 Å². The molecule has 1 N–H and O–H groups in total. The van der Waals surface area contributed by atoms with E-state index in [1.54, 1.807) is 4.90 Å². The fourth-order valence-electron chi connectivity index (χ4n) is 3.55. The second-order valence-electron chi connectivity index (χ2n) is 9.34. The van der Waals surface area contributed by atoms with Gasteiger partial charge in [-0.25, -0.2) is 9.78 Å². The van der Waals surface area contributed by atoms with Crippen LogP contribution in [0.3, 0.4) is 0 Å². The largest absolute Gasteiger partial charge is 0.444 e. The zero-order valence-corrected chi connectivity index (χ0v) is 18.7. The molecule has 2 aromatic rings. The quantitative estimate of drug-likeness (QED) is 0.832. The van der Waals surface area contributed by atoms with Crippen LogP contribution >= 0.6 is 0 Å². The molecule has 1 atom stereocenters. The van der Waals surface area contributed by atoms with Crippen molar-refractivity contribution >= 4 is 17.5 Å². The van der Waals surface area contributed by atoms with Crippen molar-refractivity contribution < 1.29 is 19.1 Å². The van der Waals surface area contributed by atoms with Crippen molar-refractivity contribution in [3.8, 4) is 0 Å². The number of hydrogen-bond donors (Lipinski definition) is 1. The van der Waals surface area contributed by atoms with Crippen LogP contribution in [0.25, 0.3) is 5.52 Å². The van der Waals surface area contributed by atoms with Crippen LogP contribution in [0, 0.1) is 12.8 Å². The summed E-state index contributed by atoms with van der Waals surface area (Å²) in [4.78, 5) is 31.7. The van der Waals surface area contributed by atoms with Crippen LogP contribution in [0.4, 0.5) is 4.79 Å². The summed E-state index contributed by atoms with van der Waals surface area (Å²) in [6, 6.07) is 3.99. The standard InChI is InChI=1S/C22H32N4O4/c1-15-8-7-9-26-17(15)12-23-19(26)22(5,6)24-18(27)16-13-25(10-11-29-14-16)20(28)30-21(2,3)4/h7-9,12,16H,10-11,13-14H2,1-6H3,(H,24,27). The number of amides is 2. The minimum atomic E-state index is -0.708. The Bertz CT molecular complexity index is 929. The van der Waals surface area contributed by atoms with Gasteiger partial charge < -0.3 is 24.1 Å². The third kappa shape index (κ3) is 4.92. The number of nitrogens with zero attached hydrogens (tertiary/aromatic N) is 3. The maximum Gasteiger partial charge on any atom is 0.410 e. The lowest BCUT2D eigenvalue weighted by molar-refractivity contribution is -0.128. The van der Waals surface area contributed by atoms with Crippen LogP contribution < -0.4 is 5.32 Å². The fourth-order valence-corrected chi connectivity index (χ4v) is 3.55. The number of aromatic nitrogens is 2. The lowest BCUT2D eigenvalue weighted by atomic mass is 10.0. The number of carbonyl (C=O) groups is 2. The van der Waals surface area contributed by atoms with E-state index >= 15 is 0 Å². The molecule has 0 aromatic carbocycles. The Morgan fingerprint density at radius 1 is 1.27 bits per heavy atom. The first kappa shape index (κ1) is 22.1. The molecule has 2 aromatic heterocycles. The van der Waals surface area contributed by atoms with Gasteiger partial charge >= 0.3 is 6.09 Å². The summed E-state index contributed by atoms with van der Waals surface area (Å²) in [6.45, 7) is 12.6. The van der Waals surface area contributed by atoms with Crippen molar-refractivity contribution in [2.45, 2.75) is 52.7 Å². The minimum absolute atomic E-state index is 0.181. The van der Waals surface area contributed by atoms with E-state index in [9.17, 15) is 9.59 Å². The third-order valence-electron chi connectivity index (χ3n) is 5.06. The van der Waals surface area contributed by atoms with Crippen molar-refractivity contribution in [3.05, 3.63) is 35.9 Å². The fraction of sp³-hybridized carbons (Fsp3) is 0.591. The first-order valence-electron chi connectivity index (χ1n) is 10.3. The van der Waals surface area contributed by atoms with Crippen LogP contribution in [-0.4, -0.2) is 58.2 Å². The van der Waals surface area contributed by atoms with Crippen molar-refractivity contribution in [1.82, 2.24) is 19.6 Å². The smallest absolute Gasteiger partial charge is 0.410 e. The summed E-state index contributed by atoms with van der Waals surface area (Å²) in [5, 5.41) is 3.09. The summed E-state index contributed by atoms with van der Waals surface area (Å²) in [5.41, 5.74) is 0.816. The molecule has 8 nitrogen and oxygen atoms in total. The summed E-state index contributed by atoms with van der Waals surface area (Å²) >= 11 is 0. The molecule has 3 rings (SSSR count). The third-order valence-corrected chi connectivity index (χ3v) is 5.06. The maximum atomic E-state index is 13.1. The van der Waals surface area contributed by atoms with Gasteiger partial charge in [-0.1, -0.05) is 6.07 Å². The van der Waals surface area contributed by atoms with Crippen molar-refractivity contribution in [1.29, 1.82) is 0 Å². The molecule has 30 heavy (non-hydrogen) atoms. The normalized spacial score (nSPS) is 18.2. The van der Waals surface area contributed by atoms with Gasteiger partial charge in [0, 0.05) is 19.3 Å². The molecule has 1 fully saturated rings. The zero-order valence-electron chi connectivity index (χ0n) is 18.7. The first-order chi connectivity index (χ1) is 14.0. The molecular formula is C22H32N4O4. The van der Waals surface area contributed by atoms with Gasteiger partial charge in [0.25, 0.3) is 0 Å². The first-order valence-corrected chi connectivity index (χ1v) is 10.3. The highest BCUT2D eigenvalue weighted by molar-refractivity contribution is 5.80. The molecule has 0 radical (unpaired) electrons. The number of nitrogens with one attached hydrogen (secondary N) is 1. The number of hydrogen-bond acceptors (Lipinski definition) is 5. The average molecular weight is 417 g/mol. The zero-order chi connectivity index (χ0) is 22.1. The molecule has 164 valence electrons. The molecule has 1 unspecified atom stereocenters. The monoisotopic (exact) mass is 416 g/mol. The Balaban J connectivity index is 1.74. The molecule has 1 aliphatic rings. The van der Waals surface area contributed by atoms with Crippen LogP contribution in [0.2, 0.25) is 0 Å². The van der Waals surface area contributed by atoms with Gasteiger partial charge in [-0.05, 0) is 53.2 Å². The van der Waals surface area contributed by atoms with E-state index in [1.807, 2.05) is 70.5 Å². The molecule has 1 aliphatic heterocycles. The molecule has 8 heteroatoms. The van der Waals surface area contributed by atoms with E-state index in [4.69, 9.17) is 9.47 Å². The van der Waals surface area contributed by atoms with Crippen LogP contribution in [0.1, 0.15) is 46.0 Å². The highest BCUT2D eigenvalue weighted by Gasteiger charge is 2.34. The minimum Gasteiger partial charge on any atom is -0.444 e. The Kier molecular flexibility index (Phi) is 6.08. The van der Waals surface area contributed by atoms with E-state index in [1.165, 1.54) is 0 Å². The van der Waals surface area contributed by atoms with Crippen LogP contribution in [0.15, 0.2) is 24.5 Å². The number of imidazole rings is 1. The topological polar surface area (TPSA) is 85.2 Å². The molecule has 1 saturated heterocycles. The van der Waals surface area contributed by atoms with Crippen molar-refractivity contribution in [2.24, 2.45) is 5.92 Å². The Hall–Kier alpha value is -2.61. The Morgan fingerprint density at radius 2 is 2.00 bits per heavy atom. The van der Waals surface area contributed by atoms with Gasteiger partial charge in [0.05, 0.1) is 36.4 Å². The number of aryl methyl sites for hydroxylation is 1. The number of rotatable bonds is 3. The SMILES string of the molecule is Cc1cccn2c(C(C)(C)NC(=O)C3COCCN(C(=O)OC(C)(C)C)C3)ncc12. The summed E-state index contributed by atoms with van der Waals surface area (Å²) in [6.07, 6.45) is 3.33. The van der Waals surface area contributed by atoms with E-state index in [2.05, 4.69) is 10.3 Å². The number of fused-ring (bicyclic) bond motifs is 1. The molecule has 0 saturated carbocycles. The van der Waals surface area contributed by atoms with Gasteiger partial charge in [0.2, 0.25) is 5.91 Å². The van der Waals surface area contributed by atoms with E-state index in [0.717, 1.165) is 16.9 Å². The molecule has 3 heterocycles. The lowest BCUT2D eigenvalue weighted by Gasteiger charge is -2.30. The summed E-state index contributed by atoms with van der Waals surface area (Å²) < 4.78 is 13.1. The van der Waals surface area contributed by atoms with Crippen molar-refractivity contribution in [2.75, 3.05) is 26.3 Å². The molecule has 2 amide bonds. The van der Waals surface area contributed by atoms with Crippen LogP contribution in [0.5, 0.6) is 0 Å². The van der Waals surface area contributed by atoms with Crippen molar-refractivity contribution in [3.63, 3.8) is 0 Å². The Morgan fingerprint density at radius 3 is 2.70 bits per heavy atom. The highest BCUT2D eigenvalue weighted by Crippen LogP contribution is 2.23. The maximum absolute atomic E-state index is 13.1. The molecule has 0 bridgehead atoms. The van der Waals surface area contributed by atoms with E-state index < -0.39 is 23.2 Å². The van der Waals surface area contributed by atoms with E-state index in [0.29, 0.717) is 13.2 Å². The van der Waals surface area contributed by atoms with Gasteiger partial charge in [-0.2, -0.15) is 0 Å². The predicted molar refractivity (Wildman–Crippen MR) is 113 cm³/mol. The van der Waals surface area contributed by atoms with Crippen LogP contribution in [-0.2, 0) is 19.8 Å². The number of ether oxygens (including phenoxy) is 2. The van der Waals surface area contributed by atoms with E-state index in [-0.39, 0.29) is 19.1 Å². The summed E-state index contributed by atoms with van der Waals surface area (Å²) in [5.74, 6) is 0.0696. The predicted octanol–water partition coefficient (Wildman–Crippen LogP) is 2.88. The molecular weight excluding hydrogens is 384 g/mol. The summed E-state index contributed by atoms with van der Waals surface area (Å²) in [7, 11) is 0. The average Bonchev–Trinajstić information content (AvgIpc) is 2.92.